The van der Waals surface area contributed by atoms with Gasteiger partial charge in [-0.2, -0.15) is 0 Å². The first-order valence-electron chi connectivity index (χ1n) is 4.06. The number of hydrogen-bond donors (Lipinski definition) is 0. The molecule has 0 N–H and O–H groups in total. The van der Waals surface area contributed by atoms with Crippen molar-refractivity contribution in [2.75, 3.05) is 0 Å². The van der Waals surface area contributed by atoms with Crippen molar-refractivity contribution in [3.05, 3.63) is 23.0 Å². The number of hydrogen-bond acceptors (Lipinski definition) is 3. The summed E-state index contributed by atoms with van der Waals surface area (Å²) in [5, 5.41) is 0.341. The lowest BCUT2D eigenvalue weighted by Crippen LogP contribution is -2.00. The van der Waals surface area contributed by atoms with Crippen LogP contribution in [0.5, 0.6) is 5.75 Å². The summed E-state index contributed by atoms with van der Waals surface area (Å²) in [7, 11) is 0. The van der Waals surface area contributed by atoms with Gasteiger partial charge in [0.1, 0.15) is 5.75 Å². The van der Waals surface area contributed by atoms with E-state index < -0.39 is 0 Å². The molecule has 2 rings (SSSR count). The summed E-state index contributed by atoms with van der Waals surface area (Å²) in [6.45, 7) is 0. The van der Waals surface area contributed by atoms with Gasteiger partial charge >= 0.3 is 0 Å². The van der Waals surface area contributed by atoms with E-state index in [1.807, 2.05) is 0 Å². The van der Waals surface area contributed by atoms with Crippen molar-refractivity contribution in [2.24, 2.45) is 0 Å². The summed E-state index contributed by atoms with van der Waals surface area (Å²) in [5.41, 5.74) is 0.392. The van der Waals surface area contributed by atoms with Crippen LogP contribution in [-0.4, -0.2) is 17.4 Å². The van der Waals surface area contributed by atoms with Crippen molar-refractivity contribution in [3.63, 3.8) is 0 Å². The summed E-state index contributed by atoms with van der Waals surface area (Å²) in [4.78, 5) is 14.5. The highest BCUT2D eigenvalue weighted by molar-refractivity contribution is 6.33. The van der Waals surface area contributed by atoms with E-state index in [0.717, 1.165) is 12.8 Å². The minimum atomic E-state index is 0.249. The Morgan fingerprint density at radius 2 is 2.31 bits per heavy atom. The van der Waals surface area contributed by atoms with Crippen LogP contribution in [0.15, 0.2) is 12.4 Å². The van der Waals surface area contributed by atoms with Crippen LogP contribution in [0.3, 0.4) is 0 Å². The Bertz CT molecular complexity index is 336. The molecular weight excluding hydrogens is 190 g/mol. The van der Waals surface area contributed by atoms with E-state index in [4.69, 9.17) is 16.3 Å². The second-order valence-corrected chi connectivity index (χ2v) is 3.38. The molecule has 0 spiro atoms. The highest BCUT2D eigenvalue weighted by atomic mass is 35.5. The molecule has 0 atom stereocenters. The van der Waals surface area contributed by atoms with Gasteiger partial charge in [0, 0.05) is 6.20 Å². The number of nitrogens with zero attached hydrogens (tertiary/aromatic N) is 1. The van der Waals surface area contributed by atoms with Crippen molar-refractivity contribution in [1.82, 2.24) is 4.98 Å². The number of pyridine rings is 1. The monoisotopic (exact) mass is 197 g/mol. The molecule has 0 amide bonds. The van der Waals surface area contributed by atoms with Gasteiger partial charge in [0.05, 0.1) is 22.9 Å². The maximum atomic E-state index is 10.7. The van der Waals surface area contributed by atoms with Crippen molar-refractivity contribution in [1.29, 1.82) is 0 Å². The number of halogens is 1. The maximum Gasteiger partial charge on any atom is 0.155 e. The predicted octanol–water partition coefficient (Wildman–Crippen LogP) is 2.09. The summed E-state index contributed by atoms with van der Waals surface area (Å²) in [6.07, 6.45) is 6.00. The minimum Gasteiger partial charge on any atom is -0.488 e. The Labute approximate surface area is 80.7 Å². The number of ether oxygens (including phenoxy) is 1. The summed E-state index contributed by atoms with van der Waals surface area (Å²) in [6, 6.07) is 0. The van der Waals surface area contributed by atoms with Crippen LogP contribution in [0.4, 0.5) is 0 Å². The molecule has 1 aliphatic carbocycles. The van der Waals surface area contributed by atoms with Crippen LogP contribution >= 0.6 is 11.6 Å². The van der Waals surface area contributed by atoms with Gasteiger partial charge in [0.15, 0.2) is 6.29 Å². The lowest BCUT2D eigenvalue weighted by molar-refractivity contribution is 0.111. The third-order valence-corrected chi connectivity index (χ3v) is 2.14. The average Bonchev–Trinajstić information content (AvgIpc) is 2.89. The lowest BCUT2D eigenvalue weighted by atomic mass is 10.3. The topological polar surface area (TPSA) is 39.2 Å². The zero-order chi connectivity index (χ0) is 9.26. The van der Waals surface area contributed by atoms with Crippen LogP contribution in [0, 0.1) is 0 Å². The van der Waals surface area contributed by atoms with Gasteiger partial charge < -0.3 is 4.74 Å². The van der Waals surface area contributed by atoms with Gasteiger partial charge in [-0.25, -0.2) is 0 Å². The Morgan fingerprint density at radius 1 is 1.54 bits per heavy atom. The molecule has 0 saturated heterocycles. The molecule has 0 bridgehead atoms. The van der Waals surface area contributed by atoms with Crippen LogP contribution in [0.25, 0.3) is 0 Å². The smallest absolute Gasteiger partial charge is 0.155 e. The number of rotatable bonds is 3. The summed E-state index contributed by atoms with van der Waals surface area (Å²) >= 11 is 5.76. The number of carbonyl (C=O) groups excluding carboxylic acids is 1. The van der Waals surface area contributed by atoms with E-state index in [0.29, 0.717) is 22.6 Å². The number of carbonyl (C=O) groups is 1. The summed E-state index contributed by atoms with van der Waals surface area (Å²) in [5.74, 6) is 0.491. The molecule has 0 aliphatic heterocycles. The third kappa shape index (κ3) is 1.80. The van der Waals surface area contributed by atoms with Gasteiger partial charge in [0.2, 0.25) is 0 Å². The molecule has 68 valence electrons. The lowest BCUT2D eigenvalue weighted by Gasteiger charge is -2.06. The van der Waals surface area contributed by atoms with Crippen LogP contribution in [0.1, 0.15) is 23.2 Å². The van der Waals surface area contributed by atoms with E-state index in [2.05, 4.69) is 4.98 Å². The third-order valence-electron chi connectivity index (χ3n) is 1.84. The molecule has 1 fully saturated rings. The van der Waals surface area contributed by atoms with Crippen molar-refractivity contribution >= 4 is 17.9 Å². The summed E-state index contributed by atoms with van der Waals surface area (Å²) < 4.78 is 5.45. The Morgan fingerprint density at radius 3 is 2.92 bits per heavy atom. The van der Waals surface area contributed by atoms with Gasteiger partial charge in [-0.3, -0.25) is 9.78 Å². The zero-order valence-corrected chi connectivity index (χ0v) is 7.62. The normalized spacial score (nSPS) is 15.5. The van der Waals surface area contributed by atoms with Crippen molar-refractivity contribution in [3.8, 4) is 5.75 Å². The van der Waals surface area contributed by atoms with E-state index in [1.165, 1.54) is 12.4 Å². The second-order valence-electron chi connectivity index (χ2n) is 2.97. The first-order valence-corrected chi connectivity index (χ1v) is 4.44. The van der Waals surface area contributed by atoms with E-state index in [9.17, 15) is 4.79 Å². The fourth-order valence-corrected chi connectivity index (χ4v) is 1.19. The molecule has 0 unspecified atom stereocenters. The average molecular weight is 198 g/mol. The Kier molecular flexibility index (Phi) is 2.19. The van der Waals surface area contributed by atoms with Crippen LogP contribution in [0.2, 0.25) is 5.02 Å². The fourth-order valence-electron chi connectivity index (χ4n) is 1.00. The second kappa shape index (κ2) is 3.34. The van der Waals surface area contributed by atoms with E-state index in [-0.39, 0.29) is 6.10 Å². The largest absolute Gasteiger partial charge is 0.488 e. The van der Waals surface area contributed by atoms with Crippen molar-refractivity contribution < 1.29 is 9.53 Å². The fraction of sp³-hybridized carbons (Fsp3) is 0.333. The molecule has 0 aromatic carbocycles. The standard InChI is InChI=1S/C9H8ClNO2/c10-8-3-11-4-9(7(8)5-12)13-6-1-2-6/h3-6H,1-2H2. The number of aldehydes is 1. The molecular formula is C9H8ClNO2. The molecule has 1 aliphatic rings. The van der Waals surface area contributed by atoms with Gasteiger partial charge in [-0.1, -0.05) is 11.6 Å². The molecule has 1 saturated carbocycles. The first kappa shape index (κ1) is 8.51. The molecule has 0 radical (unpaired) electrons. The first-order chi connectivity index (χ1) is 6.31. The quantitative estimate of drug-likeness (QED) is 0.697. The highest BCUT2D eigenvalue weighted by Gasteiger charge is 2.25. The SMILES string of the molecule is O=Cc1c(Cl)cncc1OC1CC1. The Balaban J connectivity index is 2.30. The molecule has 4 heteroatoms. The van der Waals surface area contributed by atoms with Gasteiger partial charge in [-0.05, 0) is 12.8 Å². The van der Waals surface area contributed by atoms with E-state index in [1.54, 1.807) is 0 Å². The van der Waals surface area contributed by atoms with Gasteiger partial charge in [-0.15, -0.1) is 0 Å². The Hall–Kier alpha value is -1.09. The highest BCUT2D eigenvalue weighted by Crippen LogP contribution is 2.30. The van der Waals surface area contributed by atoms with E-state index >= 15 is 0 Å². The molecule has 1 aromatic rings. The van der Waals surface area contributed by atoms with Gasteiger partial charge in [0.25, 0.3) is 0 Å². The molecule has 1 heterocycles. The maximum absolute atomic E-state index is 10.7. The molecule has 3 nitrogen and oxygen atoms in total. The van der Waals surface area contributed by atoms with Crippen LogP contribution < -0.4 is 4.74 Å². The minimum absolute atomic E-state index is 0.249. The van der Waals surface area contributed by atoms with Crippen molar-refractivity contribution in [2.45, 2.75) is 18.9 Å². The molecule has 13 heavy (non-hydrogen) atoms. The van der Waals surface area contributed by atoms with Crippen LogP contribution in [-0.2, 0) is 0 Å². The number of aromatic nitrogens is 1. The zero-order valence-electron chi connectivity index (χ0n) is 6.87. The molecule has 1 aromatic heterocycles. The predicted molar refractivity (Wildman–Crippen MR) is 48.3 cm³/mol.